The Morgan fingerprint density at radius 1 is 1.19 bits per heavy atom. The maximum absolute atomic E-state index is 13.2. The van der Waals surface area contributed by atoms with E-state index in [4.69, 9.17) is 14.2 Å². The van der Waals surface area contributed by atoms with Crippen molar-refractivity contribution in [2.45, 2.75) is 37.8 Å². The lowest BCUT2D eigenvalue weighted by Crippen LogP contribution is -2.47. The van der Waals surface area contributed by atoms with Crippen molar-refractivity contribution in [1.29, 1.82) is 0 Å². The summed E-state index contributed by atoms with van der Waals surface area (Å²) in [6.07, 6.45) is 4.09. The molecule has 0 bridgehead atoms. The van der Waals surface area contributed by atoms with E-state index in [2.05, 4.69) is 5.32 Å². The van der Waals surface area contributed by atoms with Crippen LogP contribution in [0.5, 0.6) is 11.5 Å². The molecule has 1 amide bonds. The Bertz CT molecular complexity index is 728. The zero-order valence-corrected chi connectivity index (χ0v) is 15.0. The summed E-state index contributed by atoms with van der Waals surface area (Å²) in [5.74, 6) is 0.565. The lowest BCUT2D eigenvalue weighted by atomic mass is 10.00. The van der Waals surface area contributed by atoms with Crippen LogP contribution < -0.4 is 14.8 Å². The molecule has 0 radical (unpaired) electrons. The average molecular weight is 377 g/mol. The maximum atomic E-state index is 13.2. The molecular formula is C18H23N3O6. The number of nitro groups is 1. The van der Waals surface area contributed by atoms with Gasteiger partial charge in [-0.25, -0.2) is 0 Å². The van der Waals surface area contributed by atoms with Crippen molar-refractivity contribution in [1.82, 2.24) is 10.2 Å². The third-order valence-corrected chi connectivity index (χ3v) is 5.37. The van der Waals surface area contributed by atoms with Crippen molar-refractivity contribution in [2.75, 3.05) is 33.1 Å². The standard InChI is InChI=1S/C18H23N3O6/c22-18(19-12-3-1-2-4-12)17(20-5-7-25-8-6-20)13-9-15-16(27-11-26-15)10-14(13)21(23)24/h9-10,12,17H,1-8,11H2,(H,19,22)/t17-/m1/s1. The van der Waals surface area contributed by atoms with E-state index < -0.39 is 11.0 Å². The van der Waals surface area contributed by atoms with Crippen molar-refractivity contribution < 1.29 is 23.9 Å². The second kappa shape index (κ2) is 7.69. The molecule has 1 aliphatic carbocycles. The van der Waals surface area contributed by atoms with E-state index in [1.54, 1.807) is 6.07 Å². The fourth-order valence-electron chi connectivity index (χ4n) is 4.01. The molecule has 4 rings (SSSR count). The zero-order chi connectivity index (χ0) is 18.8. The highest BCUT2D eigenvalue weighted by molar-refractivity contribution is 5.85. The monoisotopic (exact) mass is 377 g/mol. The largest absolute Gasteiger partial charge is 0.454 e. The first-order valence-electron chi connectivity index (χ1n) is 9.33. The quantitative estimate of drug-likeness (QED) is 0.616. The van der Waals surface area contributed by atoms with Gasteiger partial charge in [-0.3, -0.25) is 19.8 Å². The number of nitro benzene ring substituents is 1. The number of morpholine rings is 1. The van der Waals surface area contributed by atoms with Crippen LogP contribution in [0.4, 0.5) is 5.69 Å². The molecule has 1 N–H and O–H groups in total. The van der Waals surface area contributed by atoms with Crippen molar-refractivity contribution >= 4 is 11.6 Å². The number of carbonyl (C=O) groups is 1. The molecule has 2 heterocycles. The highest BCUT2D eigenvalue weighted by atomic mass is 16.7. The molecule has 0 spiro atoms. The number of hydrogen-bond acceptors (Lipinski definition) is 7. The van der Waals surface area contributed by atoms with Gasteiger partial charge in [-0.15, -0.1) is 0 Å². The van der Waals surface area contributed by atoms with Crippen molar-refractivity contribution in [3.63, 3.8) is 0 Å². The number of nitrogens with zero attached hydrogens (tertiary/aromatic N) is 2. The van der Waals surface area contributed by atoms with E-state index in [1.165, 1.54) is 6.07 Å². The molecule has 1 saturated carbocycles. The van der Waals surface area contributed by atoms with Crippen molar-refractivity contribution in [3.8, 4) is 11.5 Å². The molecule has 3 aliphatic rings. The third-order valence-electron chi connectivity index (χ3n) is 5.37. The number of carbonyl (C=O) groups excluding carboxylic acids is 1. The van der Waals surface area contributed by atoms with E-state index in [0.29, 0.717) is 43.4 Å². The minimum Gasteiger partial charge on any atom is -0.454 e. The normalized spacial score (nSPS) is 21.2. The van der Waals surface area contributed by atoms with Gasteiger partial charge in [-0.1, -0.05) is 12.8 Å². The zero-order valence-electron chi connectivity index (χ0n) is 15.0. The summed E-state index contributed by atoms with van der Waals surface area (Å²) in [6.45, 7) is 2.08. The second-order valence-electron chi connectivity index (χ2n) is 7.06. The molecule has 0 unspecified atom stereocenters. The number of benzene rings is 1. The maximum Gasteiger partial charge on any atom is 0.278 e. The topological polar surface area (TPSA) is 103 Å². The summed E-state index contributed by atoms with van der Waals surface area (Å²) in [7, 11) is 0. The van der Waals surface area contributed by atoms with Gasteiger partial charge in [0.2, 0.25) is 12.7 Å². The summed E-state index contributed by atoms with van der Waals surface area (Å²) in [5.41, 5.74) is 0.207. The second-order valence-corrected chi connectivity index (χ2v) is 7.06. The van der Waals surface area contributed by atoms with Crippen LogP contribution >= 0.6 is 0 Å². The minimum absolute atomic E-state index is 0.0203. The minimum atomic E-state index is -0.760. The highest BCUT2D eigenvalue weighted by Gasteiger charge is 2.37. The van der Waals surface area contributed by atoms with Crippen LogP contribution in [0.1, 0.15) is 37.3 Å². The van der Waals surface area contributed by atoms with Crippen LogP contribution in [-0.4, -0.2) is 54.9 Å². The molecule has 9 nitrogen and oxygen atoms in total. The average Bonchev–Trinajstić information content (AvgIpc) is 3.33. The molecule has 1 aromatic carbocycles. The Morgan fingerprint density at radius 3 is 2.52 bits per heavy atom. The fourth-order valence-corrected chi connectivity index (χ4v) is 4.01. The summed E-state index contributed by atoms with van der Waals surface area (Å²) in [4.78, 5) is 26.4. The van der Waals surface area contributed by atoms with Crippen molar-refractivity contribution in [3.05, 3.63) is 27.8 Å². The summed E-state index contributed by atoms with van der Waals surface area (Å²) in [6, 6.07) is 2.31. The fraction of sp³-hybridized carbons (Fsp3) is 0.611. The van der Waals surface area contributed by atoms with Crippen LogP contribution in [-0.2, 0) is 9.53 Å². The van der Waals surface area contributed by atoms with Gasteiger partial charge in [-0.05, 0) is 18.9 Å². The van der Waals surface area contributed by atoms with E-state index in [0.717, 1.165) is 25.7 Å². The Balaban J connectivity index is 1.71. The highest BCUT2D eigenvalue weighted by Crippen LogP contribution is 2.41. The van der Waals surface area contributed by atoms with Crippen LogP contribution in [0.15, 0.2) is 12.1 Å². The number of nitrogens with one attached hydrogen (secondary N) is 1. The molecule has 0 aromatic heterocycles. The van der Waals surface area contributed by atoms with Gasteiger partial charge in [0, 0.05) is 19.1 Å². The smallest absolute Gasteiger partial charge is 0.278 e. The first-order valence-corrected chi connectivity index (χ1v) is 9.33. The lowest BCUT2D eigenvalue weighted by Gasteiger charge is -2.34. The third kappa shape index (κ3) is 3.70. The van der Waals surface area contributed by atoms with Crippen LogP contribution in [0.25, 0.3) is 0 Å². The van der Waals surface area contributed by atoms with E-state index in [9.17, 15) is 14.9 Å². The van der Waals surface area contributed by atoms with Gasteiger partial charge in [-0.2, -0.15) is 0 Å². The molecule has 1 aromatic rings. The molecule has 2 aliphatic heterocycles. The summed E-state index contributed by atoms with van der Waals surface area (Å²) >= 11 is 0. The van der Waals surface area contributed by atoms with E-state index >= 15 is 0 Å². The van der Waals surface area contributed by atoms with Gasteiger partial charge in [0.25, 0.3) is 5.69 Å². The van der Waals surface area contributed by atoms with Gasteiger partial charge < -0.3 is 19.5 Å². The first-order chi connectivity index (χ1) is 13.1. The summed E-state index contributed by atoms with van der Waals surface area (Å²) < 4.78 is 16.1. The molecular weight excluding hydrogens is 354 g/mol. The SMILES string of the molecule is O=C(NC1CCCC1)[C@@H](c1cc2c(cc1[N+](=O)[O-])OCO2)N1CCOCC1. The van der Waals surface area contributed by atoms with Crippen LogP contribution in [0.2, 0.25) is 0 Å². The Labute approximate surface area is 156 Å². The van der Waals surface area contributed by atoms with E-state index in [1.807, 2.05) is 4.90 Å². The molecule has 27 heavy (non-hydrogen) atoms. The number of fused-ring (bicyclic) bond motifs is 1. The first kappa shape index (κ1) is 18.0. The number of amides is 1. The van der Waals surface area contributed by atoms with Gasteiger partial charge in [0.05, 0.1) is 29.8 Å². The van der Waals surface area contributed by atoms with Crippen LogP contribution in [0.3, 0.4) is 0 Å². The lowest BCUT2D eigenvalue weighted by molar-refractivity contribution is -0.386. The molecule has 1 saturated heterocycles. The Kier molecular flexibility index (Phi) is 5.13. The predicted molar refractivity (Wildman–Crippen MR) is 94.8 cm³/mol. The molecule has 146 valence electrons. The van der Waals surface area contributed by atoms with Crippen LogP contribution in [0, 0.1) is 10.1 Å². The van der Waals surface area contributed by atoms with E-state index in [-0.39, 0.29) is 24.4 Å². The Morgan fingerprint density at radius 2 is 1.85 bits per heavy atom. The molecule has 9 heteroatoms. The number of rotatable bonds is 5. The van der Waals surface area contributed by atoms with Gasteiger partial charge in [0.15, 0.2) is 11.5 Å². The van der Waals surface area contributed by atoms with Gasteiger partial charge in [0.1, 0.15) is 6.04 Å². The molecule has 1 atom stereocenters. The summed E-state index contributed by atoms with van der Waals surface area (Å²) in [5, 5.41) is 14.8. The number of ether oxygens (including phenoxy) is 3. The van der Waals surface area contributed by atoms with Gasteiger partial charge >= 0.3 is 0 Å². The van der Waals surface area contributed by atoms with Crippen molar-refractivity contribution in [2.24, 2.45) is 0 Å². The molecule has 2 fully saturated rings. The number of hydrogen-bond donors (Lipinski definition) is 1. The predicted octanol–water partition coefficient (Wildman–Crippen LogP) is 1.76. The Hall–Kier alpha value is -2.39.